The van der Waals surface area contributed by atoms with Gasteiger partial charge in [-0.25, -0.2) is 13.8 Å². The topological polar surface area (TPSA) is 83.8 Å². The normalized spacial score (nSPS) is 12.2. The quantitative estimate of drug-likeness (QED) is 0.750. The van der Waals surface area contributed by atoms with Gasteiger partial charge in [0, 0.05) is 18.5 Å². The molecular weight excluding hydrogens is 266 g/mol. The van der Waals surface area contributed by atoms with Crippen molar-refractivity contribution < 1.29 is 13.6 Å². The molecular formula is C13H14F2N4O. The molecule has 4 N–H and O–H groups in total. The van der Waals surface area contributed by atoms with Crippen LogP contribution in [-0.4, -0.2) is 15.9 Å². The van der Waals surface area contributed by atoms with Crippen LogP contribution in [0.15, 0.2) is 24.5 Å². The van der Waals surface area contributed by atoms with Gasteiger partial charge in [0.25, 0.3) is 5.91 Å². The summed E-state index contributed by atoms with van der Waals surface area (Å²) in [7, 11) is 0. The molecule has 0 spiro atoms. The molecule has 0 saturated carbocycles. The van der Waals surface area contributed by atoms with Crippen molar-refractivity contribution in [2.45, 2.75) is 19.4 Å². The number of aromatic nitrogens is 2. The highest BCUT2D eigenvalue weighted by Gasteiger charge is 2.19. The number of nitrogens with one attached hydrogen (secondary N) is 2. The van der Waals surface area contributed by atoms with Gasteiger partial charge in [0.2, 0.25) is 0 Å². The van der Waals surface area contributed by atoms with Crippen LogP contribution in [0.1, 0.15) is 35.6 Å². The van der Waals surface area contributed by atoms with Gasteiger partial charge in [-0.3, -0.25) is 4.79 Å². The second-order valence-corrected chi connectivity index (χ2v) is 4.26. The lowest BCUT2D eigenvalue weighted by Crippen LogP contribution is -2.29. The number of hydrogen-bond acceptors (Lipinski definition) is 3. The lowest BCUT2D eigenvalue weighted by atomic mass is 10.1. The van der Waals surface area contributed by atoms with Gasteiger partial charge in [-0.2, -0.15) is 0 Å². The molecule has 0 radical (unpaired) electrons. The molecule has 0 fully saturated rings. The minimum Gasteiger partial charge on any atom is -0.396 e. The maximum absolute atomic E-state index is 13.6. The van der Waals surface area contributed by atoms with E-state index in [0.29, 0.717) is 18.3 Å². The molecule has 0 saturated heterocycles. The molecule has 5 nitrogen and oxygen atoms in total. The van der Waals surface area contributed by atoms with Crippen LogP contribution in [-0.2, 0) is 0 Å². The van der Waals surface area contributed by atoms with Crippen molar-refractivity contribution in [3.05, 3.63) is 47.5 Å². The zero-order chi connectivity index (χ0) is 14.7. The fourth-order valence-electron chi connectivity index (χ4n) is 1.81. The number of nitrogens with two attached hydrogens (primary N) is 1. The Kier molecular flexibility index (Phi) is 3.97. The maximum Gasteiger partial charge on any atom is 0.254 e. The SMILES string of the molecule is CCC(NC(=O)c1cc(N)c(F)cc1F)c1ncc[nH]1. The van der Waals surface area contributed by atoms with Crippen LogP contribution < -0.4 is 11.1 Å². The van der Waals surface area contributed by atoms with Gasteiger partial charge in [0.05, 0.1) is 17.3 Å². The summed E-state index contributed by atoms with van der Waals surface area (Å²) < 4.78 is 26.7. The number of nitrogen functional groups attached to an aromatic ring is 1. The summed E-state index contributed by atoms with van der Waals surface area (Å²) in [5.74, 6) is -1.95. The minimum atomic E-state index is -0.955. The highest BCUT2D eigenvalue weighted by atomic mass is 19.1. The van der Waals surface area contributed by atoms with Gasteiger partial charge >= 0.3 is 0 Å². The molecule has 1 heterocycles. The predicted molar refractivity (Wildman–Crippen MR) is 69.9 cm³/mol. The zero-order valence-electron chi connectivity index (χ0n) is 10.8. The summed E-state index contributed by atoms with van der Waals surface area (Å²) in [6.07, 6.45) is 3.75. The number of nitrogens with zero attached hydrogens (tertiary/aromatic N) is 1. The summed E-state index contributed by atoms with van der Waals surface area (Å²) in [6.45, 7) is 1.85. The smallest absolute Gasteiger partial charge is 0.254 e. The Bertz CT molecular complexity index is 613. The van der Waals surface area contributed by atoms with Gasteiger partial charge in [0.1, 0.15) is 17.5 Å². The van der Waals surface area contributed by atoms with Crippen LogP contribution >= 0.6 is 0 Å². The average Bonchev–Trinajstić information content (AvgIpc) is 2.93. The van der Waals surface area contributed by atoms with E-state index in [0.717, 1.165) is 6.07 Å². The van der Waals surface area contributed by atoms with E-state index in [1.54, 1.807) is 12.4 Å². The van der Waals surface area contributed by atoms with E-state index in [-0.39, 0.29) is 17.3 Å². The van der Waals surface area contributed by atoms with Crippen LogP contribution in [0.3, 0.4) is 0 Å². The molecule has 0 aliphatic heterocycles. The number of halogens is 2. The number of carbonyl (C=O) groups excluding carboxylic acids is 1. The molecule has 0 aliphatic rings. The Balaban J connectivity index is 2.21. The summed E-state index contributed by atoms with van der Waals surface area (Å²) in [4.78, 5) is 18.9. The highest BCUT2D eigenvalue weighted by Crippen LogP contribution is 2.18. The lowest BCUT2D eigenvalue weighted by Gasteiger charge is -2.15. The molecule has 106 valence electrons. The van der Waals surface area contributed by atoms with Crippen molar-refractivity contribution in [2.24, 2.45) is 0 Å². The van der Waals surface area contributed by atoms with Crippen LogP contribution in [0.25, 0.3) is 0 Å². The Labute approximate surface area is 114 Å². The number of benzene rings is 1. The molecule has 1 atom stereocenters. The van der Waals surface area contributed by atoms with Gasteiger partial charge in [-0.1, -0.05) is 6.92 Å². The molecule has 1 aromatic heterocycles. The van der Waals surface area contributed by atoms with E-state index >= 15 is 0 Å². The van der Waals surface area contributed by atoms with Crippen molar-refractivity contribution in [1.82, 2.24) is 15.3 Å². The minimum absolute atomic E-state index is 0.275. The first-order valence-corrected chi connectivity index (χ1v) is 6.07. The third-order valence-electron chi connectivity index (χ3n) is 2.89. The van der Waals surface area contributed by atoms with Gasteiger partial charge in [-0.05, 0) is 12.5 Å². The van der Waals surface area contributed by atoms with E-state index in [4.69, 9.17) is 5.73 Å². The first kappa shape index (κ1) is 14.0. The highest BCUT2D eigenvalue weighted by molar-refractivity contribution is 5.95. The summed E-state index contributed by atoms with van der Waals surface area (Å²) in [5.41, 5.74) is 4.77. The Morgan fingerprint density at radius 2 is 2.20 bits per heavy atom. The molecule has 0 bridgehead atoms. The Morgan fingerprint density at radius 1 is 1.45 bits per heavy atom. The molecule has 1 aromatic carbocycles. The molecule has 1 amide bonds. The first-order valence-electron chi connectivity index (χ1n) is 6.07. The number of imidazole rings is 1. The fourth-order valence-corrected chi connectivity index (χ4v) is 1.81. The second-order valence-electron chi connectivity index (χ2n) is 4.26. The maximum atomic E-state index is 13.6. The van der Waals surface area contributed by atoms with Crippen LogP contribution in [0.5, 0.6) is 0 Å². The van der Waals surface area contributed by atoms with Gasteiger partial charge in [0.15, 0.2) is 0 Å². The van der Waals surface area contributed by atoms with Gasteiger partial charge < -0.3 is 16.0 Å². The third-order valence-corrected chi connectivity index (χ3v) is 2.89. The van der Waals surface area contributed by atoms with Crippen molar-refractivity contribution in [1.29, 1.82) is 0 Å². The standard InChI is InChI=1S/C13H14F2N4O/c1-2-11(12-17-3-4-18-12)19-13(20)7-5-10(16)9(15)6-8(7)14/h3-6,11H,2,16H2,1H3,(H,17,18)(H,19,20). The Morgan fingerprint density at radius 3 is 2.80 bits per heavy atom. The molecule has 7 heteroatoms. The van der Waals surface area contributed by atoms with Crippen LogP contribution in [0, 0.1) is 11.6 Å². The fraction of sp³-hybridized carbons (Fsp3) is 0.231. The molecule has 20 heavy (non-hydrogen) atoms. The molecule has 2 aromatic rings. The predicted octanol–water partition coefficient (Wildman–Crippen LogP) is 2.15. The number of hydrogen-bond donors (Lipinski definition) is 3. The van der Waals surface area contributed by atoms with E-state index < -0.39 is 17.5 Å². The number of anilines is 1. The summed E-state index contributed by atoms with van der Waals surface area (Å²) in [6, 6.07) is 1.19. The van der Waals surface area contributed by atoms with Crippen LogP contribution in [0.2, 0.25) is 0 Å². The van der Waals surface area contributed by atoms with E-state index in [9.17, 15) is 13.6 Å². The molecule has 0 aliphatic carbocycles. The van der Waals surface area contributed by atoms with Gasteiger partial charge in [-0.15, -0.1) is 0 Å². The van der Waals surface area contributed by atoms with Crippen molar-refractivity contribution >= 4 is 11.6 Å². The van der Waals surface area contributed by atoms with E-state index in [2.05, 4.69) is 15.3 Å². The molecule has 1 unspecified atom stereocenters. The first-order chi connectivity index (χ1) is 9.52. The second kappa shape index (κ2) is 5.68. The average molecular weight is 280 g/mol. The lowest BCUT2D eigenvalue weighted by molar-refractivity contribution is 0.0929. The van der Waals surface area contributed by atoms with E-state index in [1.807, 2.05) is 6.92 Å². The van der Waals surface area contributed by atoms with Crippen LogP contribution in [0.4, 0.5) is 14.5 Å². The number of amides is 1. The van der Waals surface area contributed by atoms with E-state index in [1.165, 1.54) is 0 Å². The summed E-state index contributed by atoms with van der Waals surface area (Å²) in [5, 5.41) is 2.62. The monoisotopic (exact) mass is 280 g/mol. The molecule has 2 rings (SSSR count). The largest absolute Gasteiger partial charge is 0.396 e. The van der Waals surface area contributed by atoms with Crippen molar-refractivity contribution in [3.8, 4) is 0 Å². The van der Waals surface area contributed by atoms with Crippen molar-refractivity contribution in [3.63, 3.8) is 0 Å². The zero-order valence-corrected chi connectivity index (χ0v) is 10.8. The Hall–Kier alpha value is -2.44. The number of carbonyl (C=O) groups is 1. The number of rotatable bonds is 4. The summed E-state index contributed by atoms with van der Waals surface area (Å²) >= 11 is 0. The van der Waals surface area contributed by atoms with Crippen molar-refractivity contribution in [2.75, 3.05) is 5.73 Å². The number of H-pyrrole nitrogens is 1. The number of aromatic amines is 1. The third kappa shape index (κ3) is 2.76.